The van der Waals surface area contributed by atoms with Crippen molar-refractivity contribution in [2.75, 3.05) is 6.61 Å². The number of hydrogen-bond acceptors (Lipinski definition) is 5. The molecule has 8 nitrogen and oxygen atoms in total. The molecule has 0 fully saturated rings. The number of benzene rings is 1. The maximum Gasteiger partial charge on any atom is 0.351 e. The third-order valence-electron chi connectivity index (χ3n) is 3.41. The van der Waals surface area contributed by atoms with Gasteiger partial charge in [0.2, 0.25) is 5.65 Å². The molecule has 0 aliphatic heterocycles. The quantitative estimate of drug-likeness (QED) is 0.639. The summed E-state index contributed by atoms with van der Waals surface area (Å²) in [6.45, 7) is 1.31. The van der Waals surface area contributed by atoms with Crippen molar-refractivity contribution in [1.29, 1.82) is 0 Å². The van der Waals surface area contributed by atoms with Crippen LogP contribution in [0, 0.1) is 11.6 Å². The van der Waals surface area contributed by atoms with Crippen LogP contribution in [0.2, 0.25) is 0 Å². The van der Waals surface area contributed by atoms with Gasteiger partial charge < -0.3 is 4.74 Å². The van der Waals surface area contributed by atoms with Crippen molar-refractivity contribution in [3.05, 3.63) is 63.1 Å². The summed E-state index contributed by atoms with van der Waals surface area (Å²) >= 11 is 0. The number of halogens is 2. The summed E-state index contributed by atoms with van der Waals surface area (Å²) in [5.74, 6) is -2.84. The van der Waals surface area contributed by atoms with E-state index >= 15 is 0 Å². The molecule has 0 saturated carbocycles. The predicted molar refractivity (Wildman–Crippen MR) is 81.6 cm³/mol. The van der Waals surface area contributed by atoms with E-state index in [1.54, 1.807) is 6.92 Å². The predicted octanol–water partition coefficient (Wildman–Crippen LogP) is 0.488. The lowest BCUT2D eigenvalue weighted by Gasteiger charge is -2.05. The van der Waals surface area contributed by atoms with Gasteiger partial charge in [0.05, 0.1) is 12.3 Å². The normalized spacial score (nSPS) is 11.0. The second-order valence-corrected chi connectivity index (χ2v) is 5.01. The topological polar surface area (TPSA) is 87.6 Å². The number of hydrogen-bond donors (Lipinski definition) is 0. The summed E-state index contributed by atoms with van der Waals surface area (Å²) in [6, 6.07) is 2.94. The Morgan fingerprint density at radius 3 is 2.64 bits per heavy atom. The van der Waals surface area contributed by atoms with Crippen LogP contribution in [0.4, 0.5) is 8.78 Å². The Balaban J connectivity index is 2.11. The fourth-order valence-corrected chi connectivity index (χ4v) is 2.28. The standard InChI is InChI=1S/C15H12F2N4O4/c1-2-25-12(22)8-21-15(24)20-6-5-19(14(23)13(20)18-21)9-3-4-10(16)11(17)7-9/h3-7H,2,8H2,1H3. The average molecular weight is 350 g/mol. The lowest BCUT2D eigenvalue weighted by atomic mass is 10.3. The first-order valence-corrected chi connectivity index (χ1v) is 7.24. The van der Waals surface area contributed by atoms with E-state index in [2.05, 4.69) is 5.10 Å². The van der Waals surface area contributed by atoms with Gasteiger partial charge in [0.15, 0.2) is 11.6 Å². The largest absolute Gasteiger partial charge is 0.465 e. The summed E-state index contributed by atoms with van der Waals surface area (Å²) in [5.41, 5.74) is -1.62. The zero-order valence-electron chi connectivity index (χ0n) is 13.0. The van der Waals surface area contributed by atoms with Crippen LogP contribution in [0.3, 0.4) is 0 Å². The molecule has 0 saturated heterocycles. The van der Waals surface area contributed by atoms with Crippen LogP contribution >= 0.6 is 0 Å². The number of fused-ring (bicyclic) bond motifs is 1. The van der Waals surface area contributed by atoms with E-state index in [4.69, 9.17) is 4.74 Å². The molecule has 3 rings (SSSR count). The maximum absolute atomic E-state index is 13.4. The average Bonchev–Trinajstić information content (AvgIpc) is 2.88. The Morgan fingerprint density at radius 1 is 1.20 bits per heavy atom. The smallest absolute Gasteiger partial charge is 0.351 e. The summed E-state index contributed by atoms with van der Waals surface area (Å²) < 4.78 is 33.9. The summed E-state index contributed by atoms with van der Waals surface area (Å²) in [4.78, 5) is 36.2. The van der Waals surface area contributed by atoms with Gasteiger partial charge in [-0.1, -0.05) is 0 Å². The van der Waals surface area contributed by atoms with Crippen LogP contribution in [0.25, 0.3) is 11.3 Å². The summed E-state index contributed by atoms with van der Waals surface area (Å²) in [6.07, 6.45) is 2.47. The molecule has 0 amide bonds. The lowest BCUT2D eigenvalue weighted by Crippen LogP contribution is -2.26. The van der Waals surface area contributed by atoms with Crippen molar-refractivity contribution < 1.29 is 18.3 Å². The molecule has 0 spiro atoms. The fraction of sp³-hybridized carbons (Fsp3) is 0.200. The van der Waals surface area contributed by atoms with E-state index in [0.717, 1.165) is 25.8 Å². The lowest BCUT2D eigenvalue weighted by molar-refractivity contribution is -0.144. The van der Waals surface area contributed by atoms with Crippen molar-refractivity contribution in [1.82, 2.24) is 18.7 Å². The molecule has 10 heteroatoms. The molecule has 0 N–H and O–H groups in total. The van der Waals surface area contributed by atoms with Crippen LogP contribution in [-0.2, 0) is 16.1 Å². The molecule has 0 aliphatic rings. The number of carbonyl (C=O) groups is 1. The Labute approximate surface area is 138 Å². The van der Waals surface area contributed by atoms with Crippen molar-refractivity contribution in [3.8, 4) is 5.69 Å². The number of carbonyl (C=O) groups excluding carboxylic acids is 1. The second-order valence-electron chi connectivity index (χ2n) is 5.01. The molecule has 0 unspecified atom stereocenters. The molecule has 0 bridgehead atoms. The van der Waals surface area contributed by atoms with Crippen molar-refractivity contribution >= 4 is 11.6 Å². The first-order valence-electron chi connectivity index (χ1n) is 7.24. The van der Waals surface area contributed by atoms with E-state index in [-0.39, 0.29) is 17.9 Å². The van der Waals surface area contributed by atoms with Gasteiger partial charge in [-0.15, -0.1) is 5.10 Å². The van der Waals surface area contributed by atoms with Crippen molar-refractivity contribution in [2.45, 2.75) is 13.5 Å². The first-order chi connectivity index (χ1) is 11.9. The van der Waals surface area contributed by atoms with Gasteiger partial charge in [0.25, 0.3) is 0 Å². The molecule has 130 valence electrons. The van der Waals surface area contributed by atoms with Crippen LogP contribution in [-0.4, -0.2) is 31.3 Å². The van der Waals surface area contributed by atoms with E-state index in [0.29, 0.717) is 0 Å². The van der Waals surface area contributed by atoms with Crippen LogP contribution < -0.4 is 11.2 Å². The first kappa shape index (κ1) is 16.6. The van der Waals surface area contributed by atoms with Crippen LogP contribution in [0.5, 0.6) is 0 Å². The minimum absolute atomic E-state index is 0.0683. The molecule has 1 aromatic carbocycles. The van der Waals surface area contributed by atoms with E-state index in [1.165, 1.54) is 18.5 Å². The highest BCUT2D eigenvalue weighted by Gasteiger charge is 2.15. The molecule has 0 radical (unpaired) electrons. The monoisotopic (exact) mass is 350 g/mol. The number of nitrogens with zero attached hydrogens (tertiary/aromatic N) is 4. The third-order valence-corrected chi connectivity index (χ3v) is 3.41. The number of aromatic nitrogens is 4. The number of ether oxygens (including phenoxy) is 1. The van der Waals surface area contributed by atoms with Gasteiger partial charge in [0.1, 0.15) is 6.54 Å². The van der Waals surface area contributed by atoms with Gasteiger partial charge in [-0.25, -0.2) is 22.7 Å². The molecule has 3 aromatic rings. The number of rotatable bonds is 4. The SMILES string of the molecule is CCOC(=O)Cn1nc2c(=O)n(-c3ccc(F)c(F)c3)ccn2c1=O. The van der Waals surface area contributed by atoms with Gasteiger partial charge in [-0.2, -0.15) is 0 Å². The molecule has 2 heterocycles. The Kier molecular flexibility index (Phi) is 4.17. The Bertz CT molecular complexity index is 1080. The minimum Gasteiger partial charge on any atom is -0.465 e. The van der Waals surface area contributed by atoms with E-state index in [1.807, 2.05) is 0 Å². The second kappa shape index (κ2) is 6.30. The Hall–Kier alpha value is -3.30. The van der Waals surface area contributed by atoms with Crippen LogP contribution in [0.1, 0.15) is 6.92 Å². The van der Waals surface area contributed by atoms with Gasteiger partial charge in [-0.05, 0) is 19.1 Å². The van der Waals surface area contributed by atoms with Crippen LogP contribution in [0.15, 0.2) is 40.2 Å². The molecular formula is C15H12F2N4O4. The van der Waals surface area contributed by atoms with Gasteiger partial charge in [-0.3, -0.25) is 14.2 Å². The van der Waals surface area contributed by atoms with Gasteiger partial charge in [0, 0.05) is 18.5 Å². The number of esters is 1. The zero-order valence-corrected chi connectivity index (χ0v) is 13.0. The molecule has 0 atom stereocenters. The minimum atomic E-state index is -1.12. The molecule has 25 heavy (non-hydrogen) atoms. The highest BCUT2D eigenvalue weighted by Crippen LogP contribution is 2.11. The van der Waals surface area contributed by atoms with Gasteiger partial charge >= 0.3 is 17.2 Å². The highest BCUT2D eigenvalue weighted by molar-refractivity contribution is 5.69. The van der Waals surface area contributed by atoms with E-state index < -0.39 is 35.4 Å². The fourth-order valence-electron chi connectivity index (χ4n) is 2.28. The summed E-state index contributed by atoms with van der Waals surface area (Å²) in [5, 5.41) is 3.83. The zero-order chi connectivity index (χ0) is 18.1. The van der Waals surface area contributed by atoms with Crippen molar-refractivity contribution in [3.63, 3.8) is 0 Å². The maximum atomic E-state index is 13.4. The molecule has 2 aromatic heterocycles. The summed E-state index contributed by atoms with van der Waals surface area (Å²) in [7, 11) is 0. The Morgan fingerprint density at radius 2 is 1.96 bits per heavy atom. The van der Waals surface area contributed by atoms with E-state index in [9.17, 15) is 23.2 Å². The highest BCUT2D eigenvalue weighted by atomic mass is 19.2. The molecular weight excluding hydrogens is 338 g/mol. The molecule has 0 aliphatic carbocycles. The third kappa shape index (κ3) is 2.93. The van der Waals surface area contributed by atoms with Crippen molar-refractivity contribution in [2.24, 2.45) is 0 Å².